The SMILES string of the molecule is CN(C)C(=O)COc1cnc(N[C@H]2CC[C@@H](Oc3nc(N4CCOCC4)cc4nccn34)CC2)nc1. The first-order valence-corrected chi connectivity index (χ1v) is 12.3. The fourth-order valence-corrected chi connectivity index (χ4v) is 4.32. The van der Waals surface area contributed by atoms with Crippen LogP contribution in [0.2, 0.25) is 0 Å². The predicted molar refractivity (Wildman–Crippen MR) is 133 cm³/mol. The van der Waals surface area contributed by atoms with Gasteiger partial charge >= 0.3 is 6.01 Å². The molecule has 1 aliphatic heterocycles. The minimum absolute atomic E-state index is 0.0389. The lowest BCUT2D eigenvalue weighted by Crippen LogP contribution is -2.37. The average Bonchev–Trinajstić information content (AvgIpc) is 3.39. The largest absolute Gasteiger partial charge is 0.481 e. The van der Waals surface area contributed by atoms with Crippen LogP contribution in [0.1, 0.15) is 25.7 Å². The van der Waals surface area contributed by atoms with Crippen LogP contribution in [-0.2, 0) is 9.53 Å². The van der Waals surface area contributed by atoms with Gasteiger partial charge in [-0.15, -0.1) is 0 Å². The van der Waals surface area contributed by atoms with Crippen LogP contribution < -0.4 is 19.7 Å². The molecular formula is C24H32N8O4. The van der Waals surface area contributed by atoms with Crippen molar-refractivity contribution in [2.24, 2.45) is 0 Å². The number of imidazole rings is 1. The second kappa shape index (κ2) is 10.9. The maximum atomic E-state index is 11.6. The number of amides is 1. The van der Waals surface area contributed by atoms with Crippen molar-refractivity contribution in [2.45, 2.75) is 37.8 Å². The molecule has 1 amide bonds. The molecule has 2 aliphatic rings. The van der Waals surface area contributed by atoms with Crippen molar-refractivity contribution in [3.05, 3.63) is 30.9 Å². The number of nitrogens with zero attached hydrogens (tertiary/aromatic N) is 7. The molecule has 5 rings (SSSR count). The van der Waals surface area contributed by atoms with E-state index in [1.54, 1.807) is 32.7 Å². The van der Waals surface area contributed by atoms with Crippen LogP contribution in [0.15, 0.2) is 30.9 Å². The fourth-order valence-electron chi connectivity index (χ4n) is 4.32. The van der Waals surface area contributed by atoms with Gasteiger partial charge in [-0.2, -0.15) is 4.98 Å². The molecule has 12 nitrogen and oxygen atoms in total. The van der Waals surface area contributed by atoms with E-state index in [2.05, 4.69) is 25.2 Å². The lowest BCUT2D eigenvalue weighted by molar-refractivity contribution is -0.130. The van der Waals surface area contributed by atoms with Gasteiger partial charge in [0.05, 0.1) is 25.6 Å². The van der Waals surface area contributed by atoms with Gasteiger partial charge in [0.2, 0.25) is 5.95 Å². The Balaban J connectivity index is 1.14. The van der Waals surface area contributed by atoms with Gasteiger partial charge in [-0.25, -0.2) is 15.0 Å². The molecule has 4 heterocycles. The number of carbonyl (C=O) groups is 1. The molecule has 0 spiro atoms. The van der Waals surface area contributed by atoms with Crippen LogP contribution in [0.4, 0.5) is 11.8 Å². The molecule has 36 heavy (non-hydrogen) atoms. The number of morpholine rings is 1. The number of fused-ring (bicyclic) bond motifs is 1. The fraction of sp³-hybridized carbons (Fsp3) is 0.542. The zero-order chi connectivity index (χ0) is 24.9. The summed E-state index contributed by atoms with van der Waals surface area (Å²) in [6, 6.07) is 2.83. The van der Waals surface area contributed by atoms with Crippen LogP contribution in [0.3, 0.4) is 0 Å². The Morgan fingerprint density at radius 2 is 1.89 bits per heavy atom. The Morgan fingerprint density at radius 3 is 2.61 bits per heavy atom. The van der Waals surface area contributed by atoms with Gasteiger partial charge < -0.3 is 29.3 Å². The van der Waals surface area contributed by atoms with Crippen molar-refractivity contribution in [3.8, 4) is 11.8 Å². The lowest BCUT2D eigenvalue weighted by atomic mass is 9.93. The summed E-state index contributed by atoms with van der Waals surface area (Å²) in [6.07, 6.45) is 10.5. The number of ether oxygens (including phenoxy) is 3. The van der Waals surface area contributed by atoms with Gasteiger partial charge in [-0.3, -0.25) is 9.20 Å². The maximum Gasteiger partial charge on any atom is 0.304 e. The summed E-state index contributed by atoms with van der Waals surface area (Å²) in [5, 5.41) is 3.40. The minimum Gasteiger partial charge on any atom is -0.481 e. The summed E-state index contributed by atoms with van der Waals surface area (Å²) in [5.41, 5.74) is 0.826. The predicted octanol–water partition coefficient (Wildman–Crippen LogP) is 1.62. The van der Waals surface area contributed by atoms with Gasteiger partial charge in [0.15, 0.2) is 12.4 Å². The Morgan fingerprint density at radius 1 is 1.14 bits per heavy atom. The van der Waals surface area contributed by atoms with Crippen molar-refractivity contribution in [1.82, 2.24) is 29.2 Å². The second-order valence-corrected chi connectivity index (χ2v) is 9.21. The topological polar surface area (TPSA) is 119 Å². The molecule has 1 N–H and O–H groups in total. The molecular weight excluding hydrogens is 464 g/mol. The van der Waals surface area contributed by atoms with Crippen LogP contribution in [-0.4, -0.2) is 94.3 Å². The highest BCUT2D eigenvalue weighted by Crippen LogP contribution is 2.27. The Hall–Kier alpha value is -3.67. The van der Waals surface area contributed by atoms with Crippen LogP contribution >= 0.6 is 0 Å². The zero-order valence-electron chi connectivity index (χ0n) is 20.7. The summed E-state index contributed by atoms with van der Waals surface area (Å²) in [4.78, 5) is 33.3. The highest BCUT2D eigenvalue weighted by Gasteiger charge is 2.25. The Labute approximate surface area is 209 Å². The van der Waals surface area contributed by atoms with E-state index >= 15 is 0 Å². The van der Waals surface area contributed by atoms with Crippen molar-refractivity contribution >= 4 is 23.3 Å². The number of hydrogen-bond acceptors (Lipinski definition) is 10. The molecule has 12 heteroatoms. The average molecular weight is 497 g/mol. The zero-order valence-corrected chi connectivity index (χ0v) is 20.7. The third-order valence-electron chi connectivity index (χ3n) is 6.45. The van der Waals surface area contributed by atoms with Gasteiger partial charge in [0.1, 0.15) is 17.6 Å². The number of hydrogen-bond donors (Lipinski definition) is 1. The number of aromatic nitrogens is 5. The van der Waals surface area contributed by atoms with Gasteiger partial charge in [-0.1, -0.05) is 0 Å². The summed E-state index contributed by atoms with van der Waals surface area (Å²) in [5.74, 6) is 1.77. The van der Waals surface area contributed by atoms with Crippen molar-refractivity contribution in [1.29, 1.82) is 0 Å². The molecule has 3 aromatic heterocycles. The van der Waals surface area contributed by atoms with E-state index in [1.165, 1.54) is 4.90 Å². The molecule has 0 atom stereocenters. The van der Waals surface area contributed by atoms with Crippen LogP contribution in [0.5, 0.6) is 11.8 Å². The van der Waals surface area contributed by atoms with Gasteiger partial charge in [0.25, 0.3) is 5.91 Å². The van der Waals surface area contributed by atoms with E-state index in [0.29, 0.717) is 30.9 Å². The van der Waals surface area contributed by atoms with E-state index in [1.807, 2.05) is 16.7 Å². The number of anilines is 2. The molecule has 3 aromatic rings. The Bertz CT molecular complexity index is 1150. The van der Waals surface area contributed by atoms with Gasteiger partial charge in [0, 0.05) is 51.7 Å². The maximum absolute atomic E-state index is 11.6. The third-order valence-corrected chi connectivity index (χ3v) is 6.45. The first-order chi connectivity index (χ1) is 17.5. The van der Waals surface area contributed by atoms with Crippen molar-refractivity contribution in [2.75, 3.05) is 57.2 Å². The summed E-state index contributed by atoms with van der Waals surface area (Å²) < 4.78 is 19.2. The number of likely N-dealkylation sites (N-methyl/N-ethyl adjacent to an activating group) is 1. The molecule has 192 valence electrons. The quantitative estimate of drug-likeness (QED) is 0.493. The smallest absolute Gasteiger partial charge is 0.304 e. The first kappa shape index (κ1) is 24.0. The van der Waals surface area contributed by atoms with Gasteiger partial charge in [-0.05, 0) is 25.7 Å². The molecule has 1 saturated carbocycles. The summed E-state index contributed by atoms with van der Waals surface area (Å²) >= 11 is 0. The lowest BCUT2D eigenvalue weighted by Gasteiger charge is -2.30. The van der Waals surface area contributed by atoms with Crippen LogP contribution in [0.25, 0.3) is 5.65 Å². The molecule has 0 aromatic carbocycles. The molecule has 2 fully saturated rings. The second-order valence-electron chi connectivity index (χ2n) is 9.21. The molecule has 1 aliphatic carbocycles. The molecule has 0 unspecified atom stereocenters. The number of nitrogens with one attached hydrogen (secondary N) is 1. The van der Waals surface area contributed by atoms with Crippen LogP contribution in [0, 0.1) is 0 Å². The normalized spacial score (nSPS) is 20.2. The number of carbonyl (C=O) groups excluding carboxylic acids is 1. The van der Waals surface area contributed by atoms with Crippen molar-refractivity contribution in [3.63, 3.8) is 0 Å². The third kappa shape index (κ3) is 5.76. The van der Waals surface area contributed by atoms with Crippen molar-refractivity contribution < 1.29 is 19.0 Å². The van der Waals surface area contributed by atoms with E-state index in [-0.39, 0.29) is 24.7 Å². The molecule has 0 bridgehead atoms. The molecule has 0 radical (unpaired) electrons. The molecule has 1 saturated heterocycles. The Kier molecular flexibility index (Phi) is 7.31. The van der Waals surface area contributed by atoms with E-state index in [0.717, 1.165) is 50.2 Å². The highest BCUT2D eigenvalue weighted by atomic mass is 16.5. The van der Waals surface area contributed by atoms with E-state index in [9.17, 15) is 4.79 Å². The standard InChI is InChI=1S/C24H32N8O4/c1-30(2)22(33)16-35-19-14-26-23(27-15-19)28-17-3-5-18(6-4-17)36-24-29-21(31-9-11-34-12-10-31)13-20-25-7-8-32(20)24/h7-8,13-15,17-18H,3-6,9-12,16H2,1-2H3,(H,26,27,28)/t17-,18+. The number of rotatable bonds is 8. The summed E-state index contributed by atoms with van der Waals surface area (Å²) in [6.45, 7) is 2.98. The minimum atomic E-state index is -0.118. The summed E-state index contributed by atoms with van der Waals surface area (Å²) in [7, 11) is 3.37. The first-order valence-electron chi connectivity index (χ1n) is 12.3. The van der Waals surface area contributed by atoms with E-state index in [4.69, 9.17) is 19.2 Å². The highest BCUT2D eigenvalue weighted by molar-refractivity contribution is 5.77. The monoisotopic (exact) mass is 496 g/mol. The van der Waals surface area contributed by atoms with E-state index < -0.39 is 0 Å².